The quantitative estimate of drug-likeness (QED) is 0.414. The van der Waals surface area contributed by atoms with Crippen LogP contribution in [0, 0.1) is 6.92 Å². The van der Waals surface area contributed by atoms with Crippen LogP contribution in [0.4, 0.5) is 5.69 Å². The Bertz CT molecular complexity index is 1030. The summed E-state index contributed by atoms with van der Waals surface area (Å²) < 4.78 is 5.82. The van der Waals surface area contributed by atoms with E-state index in [9.17, 15) is 10.00 Å². The van der Waals surface area contributed by atoms with Crippen molar-refractivity contribution in [2.75, 3.05) is 11.9 Å². The molecule has 3 aromatic rings. The summed E-state index contributed by atoms with van der Waals surface area (Å²) >= 11 is 0. The van der Waals surface area contributed by atoms with E-state index in [-0.39, 0.29) is 5.88 Å². The van der Waals surface area contributed by atoms with Gasteiger partial charge in [0.15, 0.2) is 11.6 Å². The first-order valence-corrected chi connectivity index (χ1v) is 10.7. The van der Waals surface area contributed by atoms with E-state index >= 15 is 0 Å². The summed E-state index contributed by atoms with van der Waals surface area (Å²) in [4.78, 5) is 22.9. The first-order valence-electron chi connectivity index (χ1n) is 8.96. The van der Waals surface area contributed by atoms with E-state index in [0.717, 1.165) is 22.3 Å². The predicted molar refractivity (Wildman–Crippen MR) is 110 cm³/mol. The molecule has 0 radical (unpaired) electrons. The number of anilines is 1. The number of fused-ring (bicyclic) bond motifs is 1. The lowest BCUT2D eigenvalue weighted by Crippen LogP contribution is -2.23. The van der Waals surface area contributed by atoms with Gasteiger partial charge in [0, 0.05) is 12.3 Å². The second-order valence-electron chi connectivity index (χ2n) is 6.89. The highest BCUT2D eigenvalue weighted by Gasteiger charge is 2.56. The Morgan fingerprint density at radius 1 is 1.25 bits per heavy atom. The molecule has 1 aliphatic heterocycles. The lowest BCUT2D eigenvalue weighted by molar-refractivity contribution is 0.374. The zero-order valence-electron chi connectivity index (χ0n) is 15.9. The first-order chi connectivity index (χ1) is 13.4. The maximum Gasteiger partial charge on any atom is 0.425 e. The highest BCUT2D eigenvalue weighted by molar-refractivity contribution is 7.64. The molecular weight excluding hydrogens is 377 g/mol. The molecule has 0 amide bonds. The van der Waals surface area contributed by atoms with Crippen molar-refractivity contribution in [1.29, 1.82) is 0 Å². The van der Waals surface area contributed by atoms with E-state index in [0.29, 0.717) is 23.8 Å². The molecule has 8 nitrogen and oxygen atoms in total. The second-order valence-corrected chi connectivity index (χ2v) is 9.17. The number of aromatic nitrogens is 3. The normalized spacial score (nSPS) is 20.1. The highest BCUT2D eigenvalue weighted by Crippen LogP contribution is 2.68. The number of nitrogens with zero attached hydrogens (tertiary/aromatic N) is 2. The Labute approximate surface area is 163 Å². The van der Waals surface area contributed by atoms with Crippen molar-refractivity contribution in [2.24, 2.45) is 0 Å². The fraction of sp³-hybridized carbons (Fsp3) is 0.263. The van der Waals surface area contributed by atoms with Crippen molar-refractivity contribution < 1.29 is 14.5 Å². The number of aromatic hydroxyl groups is 1. The summed E-state index contributed by atoms with van der Waals surface area (Å²) in [6, 6.07) is 9.87. The van der Waals surface area contributed by atoms with E-state index in [1.165, 1.54) is 0 Å². The minimum atomic E-state index is -3.07. The first kappa shape index (κ1) is 18.5. The molecule has 2 unspecified atom stereocenters. The van der Waals surface area contributed by atoms with Crippen LogP contribution in [0.25, 0.3) is 10.9 Å². The van der Waals surface area contributed by atoms with Gasteiger partial charge in [-0.15, -0.1) is 0 Å². The van der Waals surface area contributed by atoms with Gasteiger partial charge >= 0.3 is 7.87 Å². The molecule has 146 valence electrons. The lowest BCUT2D eigenvalue weighted by atomic mass is 10.2. The summed E-state index contributed by atoms with van der Waals surface area (Å²) in [6.07, 6.45) is 1.75. The van der Waals surface area contributed by atoms with Gasteiger partial charge < -0.3 is 15.4 Å². The Hall–Kier alpha value is -2.83. The summed E-state index contributed by atoms with van der Waals surface area (Å²) in [5, 5.41) is 17.4. The van der Waals surface area contributed by atoms with Gasteiger partial charge in [-0.1, -0.05) is 18.2 Å². The number of rotatable bonds is 5. The Balaban J connectivity index is 1.61. The van der Waals surface area contributed by atoms with Crippen LogP contribution in [-0.2, 0) is 4.52 Å². The smallest absolute Gasteiger partial charge is 0.425 e. The zero-order valence-corrected chi connectivity index (χ0v) is 16.8. The minimum Gasteiger partial charge on any atom is -0.492 e. The zero-order chi connectivity index (χ0) is 19.9. The lowest BCUT2D eigenvalue weighted by Gasteiger charge is -2.22. The third-order valence-electron chi connectivity index (χ3n) is 4.84. The number of hydrogen-bond acceptors (Lipinski definition) is 7. The van der Waals surface area contributed by atoms with Crippen LogP contribution in [0.15, 0.2) is 48.0 Å². The summed E-state index contributed by atoms with van der Waals surface area (Å²) in [6.45, 7) is 5.73. The Morgan fingerprint density at radius 2 is 2.04 bits per heavy atom. The predicted octanol–water partition coefficient (Wildman–Crippen LogP) is 3.75. The summed E-state index contributed by atoms with van der Waals surface area (Å²) in [7, 11) is -3.07. The molecule has 0 fully saturated rings. The molecule has 0 bridgehead atoms. The van der Waals surface area contributed by atoms with Gasteiger partial charge in [0.05, 0.1) is 35.3 Å². The number of aryl methyl sites for hydroxylation is 1. The average molecular weight is 400 g/mol. The second kappa shape index (κ2) is 6.96. The maximum absolute atomic E-state index is 11.2. The SMILES string of the molecule is CC1=C(C)O[P+](O)(C(CNc2cnc3ccccc3c2)c2nc(O)c(C)[nH]2)N1. The number of aromatic amines is 1. The van der Waals surface area contributed by atoms with Crippen molar-refractivity contribution in [3.63, 3.8) is 0 Å². The van der Waals surface area contributed by atoms with Gasteiger partial charge in [0.25, 0.3) is 0 Å². The third kappa shape index (κ3) is 3.37. The number of hydrogen-bond donors (Lipinski definition) is 5. The van der Waals surface area contributed by atoms with Crippen LogP contribution in [0.5, 0.6) is 5.88 Å². The fourth-order valence-corrected chi connectivity index (χ4v) is 5.47. The van der Waals surface area contributed by atoms with Gasteiger partial charge in [-0.25, -0.2) is 5.09 Å². The maximum atomic E-state index is 11.2. The fourth-order valence-electron chi connectivity index (χ4n) is 3.16. The molecular formula is C19H23N5O3P+. The molecule has 1 aliphatic rings. The Kier molecular flexibility index (Phi) is 4.61. The van der Waals surface area contributed by atoms with Gasteiger partial charge in [0.1, 0.15) is 0 Å². The molecule has 4 rings (SSSR count). The van der Waals surface area contributed by atoms with Crippen LogP contribution in [0.2, 0.25) is 0 Å². The topological polar surface area (TPSA) is 115 Å². The molecule has 2 atom stereocenters. The van der Waals surface area contributed by atoms with Gasteiger partial charge in [0.2, 0.25) is 11.5 Å². The van der Waals surface area contributed by atoms with Gasteiger partial charge in [-0.3, -0.25) is 9.51 Å². The van der Waals surface area contributed by atoms with Crippen molar-refractivity contribution in [3.05, 3.63) is 59.5 Å². The summed E-state index contributed by atoms with van der Waals surface area (Å²) in [5.74, 6) is 1.03. The molecule has 2 aromatic heterocycles. The minimum absolute atomic E-state index is 0.0837. The number of nitrogens with one attached hydrogen (secondary N) is 3. The number of para-hydroxylation sites is 1. The van der Waals surface area contributed by atoms with Gasteiger partial charge in [-0.2, -0.15) is 9.88 Å². The van der Waals surface area contributed by atoms with Crippen LogP contribution >= 0.6 is 7.87 Å². The van der Waals surface area contributed by atoms with Crippen molar-refractivity contribution in [1.82, 2.24) is 20.0 Å². The molecule has 9 heteroatoms. The molecule has 0 aliphatic carbocycles. The molecule has 3 heterocycles. The van der Waals surface area contributed by atoms with Crippen molar-refractivity contribution >= 4 is 24.5 Å². The van der Waals surface area contributed by atoms with Crippen LogP contribution < -0.4 is 10.4 Å². The number of imidazole rings is 1. The number of H-pyrrole nitrogens is 1. The van der Waals surface area contributed by atoms with Crippen molar-refractivity contribution in [3.8, 4) is 5.88 Å². The standard InChI is InChI=1S/C19H22N5O3P/c1-11-13(3)27-28(26,24-11)17(18-22-12(2)19(25)23-18)10-20-15-8-14-6-4-5-7-16(14)21-9-15/h4-9,17,20,24,26H,10H2,1-3H3,(H-,22,23,25)/p+1. The van der Waals surface area contributed by atoms with Crippen LogP contribution in [0.1, 0.15) is 31.0 Å². The molecule has 0 saturated heterocycles. The molecule has 0 saturated carbocycles. The van der Waals surface area contributed by atoms with E-state index in [1.54, 1.807) is 13.1 Å². The van der Waals surface area contributed by atoms with E-state index in [2.05, 4.69) is 25.4 Å². The number of benzene rings is 1. The average Bonchev–Trinajstić information content (AvgIpc) is 3.13. The summed E-state index contributed by atoms with van der Waals surface area (Å²) in [5.41, 5.74) is 2.55. The number of pyridine rings is 1. The highest BCUT2D eigenvalue weighted by atomic mass is 31.2. The molecule has 28 heavy (non-hydrogen) atoms. The van der Waals surface area contributed by atoms with Crippen LogP contribution in [0.3, 0.4) is 0 Å². The Morgan fingerprint density at radius 3 is 2.71 bits per heavy atom. The van der Waals surface area contributed by atoms with E-state index in [4.69, 9.17) is 4.52 Å². The van der Waals surface area contributed by atoms with Crippen molar-refractivity contribution in [2.45, 2.75) is 26.4 Å². The van der Waals surface area contributed by atoms with Crippen LogP contribution in [-0.4, -0.2) is 31.5 Å². The molecule has 1 aromatic carbocycles. The van der Waals surface area contributed by atoms with E-state index in [1.807, 2.05) is 44.2 Å². The number of allylic oxidation sites excluding steroid dienone is 2. The van der Waals surface area contributed by atoms with E-state index < -0.39 is 13.5 Å². The largest absolute Gasteiger partial charge is 0.492 e. The molecule has 5 N–H and O–H groups in total. The third-order valence-corrected chi connectivity index (χ3v) is 7.32. The van der Waals surface area contributed by atoms with Gasteiger partial charge in [-0.05, 0) is 26.0 Å². The molecule has 0 spiro atoms. The monoisotopic (exact) mass is 400 g/mol.